The van der Waals surface area contributed by atoms with Crippen LogP contribution in [0.5, 0.6) is 0 Å². The molecule has 1 aliphatic rings. The molecule has 1 aliphatic heterocycles. The SMILES string of the molecule is CN=C(NCc1ccc(N2CCCC2)nc1)N(C)Cc1ccon1. The van der Waals surface area contributed by atoms with Crippen molar-refractivity contribution in [2.45, 2.75) is 25.9 Å². The van der Waals surface area contributed by atoms with Gasteiger partial charge in [-0.3, -0.25) is 4.99 Å². The summed E-state index contributed by atoms with van der Waals surface area (Å²) in [5.74, 6) is 1.88. The number of nitrogens with one attached hydrogen (secondary N) is 1. The molecule has 1 fully saturated rings. The summed E-state index contributed by atoms with van der Waals surface area (Å²) in [4.78, 5) is 13.2. The summed E-state index contributed by atoms with van der Waals surface area (Å²) < 4.78 is 4.86. The minimum atomic E-state index is 0.641. The minimum Gasteiger partial charge on any atom is -0.364 e. The van der Waals surface area contributed by atoms with Crippen LogP contribution in [0.25, 0.3) is 0 Å². The highest BCUT2D eigenvalue weighted by Crippen LogP contribution is 2.17. The highest BCUT2D eigenvalue weighted by Gasteiger charge is 2.13. The summed E-state index contributed by atoms with van der Waals surface area (Å²) in [6.45, 7) is 3.56. The Labute approximate surface area is 142 Å². The number of pyridine rings is 1. The van der Waals surface area contributed by atoms with E-state index in [4.69, 9.17) is 4.52 Å². The summed E-state index contributed by atoms with van der Waals surface area (Å²) in [7, 11) is 3.75. The van der Waals surface area contributed by atoms with Crippen molar-refractivity contribution in [3.63, 3.8) is 0 Å². The molecule has 0 unspecified atom stereocenters. The number of nitrogens with zero attached hydrogens (tertiary/aromatic N) is 5. The molecule has 2 aromatic heterocycles. The third kappa shape index (κ3) is 4.04. The molecule has 0 saturated carbocycles. The van der Waals surface area contributed by atoms with Crippen molar-refractivity contribution in [2.75, 3.05) is 32.1 Å². The number of guanidine groups is 1. The monoisotopic (exact) mass is 328 g/mol. The van der Waals surface area contributed by atoms with Crippen molar-refractivity contribution >= 4 is 11.8 Å². The molecule has 0 bridgehead atoms. The van der Waals surface area contributed by atoms with E-state index in [-0.39, 0.29) is 0 Å². The number of aliphatic imine (C=N–C) groups is 1. The van der Waals surface area contributed by atoms with Crippen molar-refractivity contribution in [1.82, 2.24) is 20.4 Å². The van der Waals surface area contributed by atoms with Crippen molar-refractivity contribution < 1.29 is 4.52 Å². The Balaban J connectivity index is 1.53. The van der Waals surface area contributed by atoms with Gasteiger partial charge in [0.05, 0.1) is 6.54 Å². The fraction of sp³-hybridized carbons (Fsp3) is 0.471. The Morgan fingerprint density at radius 1 is 1.33 bits per heavy atom. The van der Waals surface area contributed by atoms with Crippen molar-refractivity contribution in [3.05, 3.63) is 41.9 Å². The predicted octanol–water partition coefficient (Wildman–Crippen LogP) is 1.88. The highest BCUT2D eigenvalue weighted by molar-refractivity contribution is 5.79. The van der Waals surface area contributed by atoms with Crippen LogP contribution < -0.4 is 10.2 Å². The smallest absolute Gasteiger partial charge is 0.194 e. The fourth-order valence-electron chi connectivity index (χ4n) is 2.86. The van der Waals surface area contributed by atoms with Gasteiger partial charge in [0.1, 0.15) is 17.8 Å². The summed E-state index contributed by atoms with van der Waals surface area (Å²) in [5, 5.41) is 7.28. The van der Waals surface area contributed by atoms with E-state index in [0.29, 0.717) is 13.1 Å². The molecule has 7 heteroatoms. The van der Waals surface area contributed by atoms with E-state index in [1.54, 1.807) is 13.3 Å². The lowest BCUT2D eigenvalue weighted by molar-refractivity contribution is 0.391. The largest absolute Gasteiger partial charge is 0.364 e. The lowest BCUT2D eigenvalue weighted by Crippen LogP contribution is -2.38. The van der Waals surface area contributed by atoms with Crippen LogP contribution in [0.2, 0.25) is 0 Å². The van der Waals surface area contributed by atoms with Gasteiger partial charge in [-0.15, -0.1) is 0 Å². The maximum absolute atomic E-state index is 4.86. The molecule has 0 aromatic carbocycles. The third-order valence-corrected chi connectivity index (χ3v) is 4.15. The van der Waals surface area contributed by atoms with Gasteiger partial charge in [-0.25, -0.2) is 4.98 Å². The van der Waals surface area contributed by atoms with Gasteiger partial charge in [-0.2, -0.15) is 0 Å². The molecule has 0 atom stereocenters. The molecule has 3 heterocycles. The molecule has 24 heavy (non-hydrogen) atoms. The molecule has 7 nitrogen and oxygen atoms in total. The van der Waals surface area contributed by atoms with E-state index in [9.17, 15) is 0 Å². The summed E-state index contributed by atoms with van der Waals surface area (Å²) in [6, 6.07) is 6.08. The minimum absolute atomic E-state index is 0.641. The zero-order valence-electron chi connectivity index (χ0n) is 14.3. The maximum Gasteiger partial charge on any atom is 0.194 e. The first kappa shape index (κ1) is 16.3. The van der Waals surface area contributed by atoms with Crippen LogP contribution in [0.4, 0.5) is 5.82 Å². The molecule has 0 spiro atoms. The quantitative estimate of drug-likeness (QED) is 0.667. The number of hydrogen-bond acceptors (Lipinski definition) is 5. The second-order valence-corrected chi connectivity index (χ2v) is 5.97. The molecular formula is C17H24N6O. The van der Waals surface area contributed by atoms with Gasteiger partial charge >= 0.3 is 0 Å². The third-order valence-electron chi connectivity index (χ3n) is 4.15. The lowest BCUT2D eigenvalue weighted by atomic mass is 10.3. The first-order valence-electron chi connectivity index (χ1n) is 8.27. The van der Waals surface area contributed by atoms with Crippen LogP contribution in [-0.2, 0) is 13.1 Å². The van der Waals surface area contributed by atoms with Gasteiger partial charge in [-0.1, -0.05) is 11.2 Å². The van der Waals surface area contributed by atoms with E-state index >= 15 is 0 Å². The fourth-order valence-corrected chi connectivity index (χ4v) is 2.86. The molecule has 3 rings (SSSR count). The number of aromatic nitrogens is 2. The van der Waals surface area contributed by atoms with E-state index in [0.717, 1.165) is 36.1 Å². The molecular weight excluding hydrogens is 304 g/mol. The van der Waals surface area contributed by atoms with Gasteiger partial charge < -0.3 is 19.6 Å². The van der Waals surface area contributed by atoms with Crippen molar-refractivity contribution in [3.8, 4) is 0 Å². The number of rotatable bonds is 5. The summed E-state index contributed by atoms with van der Waals surface area (Å²) in [6.07, 6.45) is 6.04. The molecule has 128 valence electrons. The molecule has 1 N–H and O–H groups in total. The first-order valence-corrected chi connectivity index (χ1v) is 8.27. The highest BCUT2D eigenvalue weighted by atomic mass is 16.5. The standard InChI is InChI=1S/C17H24N6O/c1-18-17(22(2)13-15-7-10-24-21-15)20-12-14-5-6-16(19-11-14)23-8-3-4-9-23/h5-7,10-11H,3-4,8-9,12-13H2,1-2H3,(H,18,20). The second-order valence-electron chi connectivity index (χ2n) is 5.97. The van der Waals surface area contributed by atoms with Crippen LogP contribution in [-0.4, -0.2) is 48.2 Å². The maximum atomic E-state index is 4.86. The Morgan fingerprint density at radius 2 is 2.17 bits per heavy atom. The van der Waals surface area contributed by atoms with Crippen LogP contribution in [0, 0.1) is 0 Å². The molecule has 0 radical (unpaired) electrons. The zero-order chi connectivity index (χ0) is 16.8. The second kappa shape index (κ2) is 7.81. The Kier molecular flexibility index (Phi) is 5.30. The number of hydrogen-bond donors (Lipinski definition) is 1. The first-order chi connectivity index (χ1) is 11.8. The normalized spacial score (nSPS) is 14.9. The predicted molar refractivity (Wildman–Crippen MR) is 93.9 cm³/mol. The Morgan fingerprint density at radius 3 is 2.79 bits per heavy atom. The van der Waals surface area contributed by atoms with E-state index in [1.165, 1.54) is 12.8 Å². The van der Waals surface area contributed by atoms with Gasteiger partial charge in [0.2, 0.25) is 0 Å². The molecule has 1 saturated heterocycles. The average molecular weight is 328 g/mol. The van der Waals surface area contributed by atoms with E-state index in [2.05, 4.69) is 37.5 Å². The van der Waals surface area contributed by atoms with E-state index in [1.807, 2.05) is 24.2 Å². The zero-order valence-corrected chi connectivity index (χ0v) is 14.3. The van der Waals surface area contributed by atoms with Crippen LogP contribution in [0.1, 0.15) is 24.1 Å². The van der Waals surface area contributed by atoms with Gasteiger partial charge in [0.25, 0.3) is 0 Å². The van der Waals surface area contributed by atoms with Crippen molar-refractivity contribution in [2.24, 2.45) is 4.99 Å². The van der Waals surface area contributed by atoms with Gasteiger partial charge in [-0.05, 0) is 24.5 Å². The number of anilines is 1. The van der Waals surface area contributed by atoms with Gasteiger partial charge in [0.15, 0.2) is 5.96 Å². The van der Waals surface area contributed by atoms with E-state index < -0.39 is 0 Å². The molecule has 2 aromatic rings. The summed E-state index contributed by atoms with van der Waals surface area (Å²) in [5.41, 5.74) is 2.01. The summed E-state index contributed by atoms with van der Waals surface area (Å²) >= 11 is 0. The van der Waals surface area contributed by atoms with Crippen LogP contribution in [0.3, 0.4) is 0 Å². The molecule has 0 aliphatic carbocycles. The Bertz CT molecular complexity index is 646. The Hall–Kier alpha value is -2.57. The lowest BCUT2D eigenvalue weighted by Gasteiger charge is -2.21. The van der Waals surface area contributed by atoms with Gasteiger partial charge in [0, 0.05) is 46.0 Å². The van der Waals surface area contributed by atoms with Crippen molar-refractivity contribution in [1.29, 1.82) is 0 Å². The van der Waals surface area contributed by atoms with Crippen LogP contribution in [0.15, 0.2) is 40.2 Å². The average Bonchev–Trinajstić information content (AvgIpc) is 3.29. The topological polar surface area (TPSA) is 69.8 Å². The van der Waals surface area contributed by atoms with Crippen LogP contribution >= 0.6 is 0 Å². The molecule has 0 amide bonds.